The van der Waals surface area contributed by atoms with Crippen LogP contribution >= 0.6 is 15.9 Å². The van der Waals surface area contributed by atoms with E-state index in [4.69, 9.17) is 4.74 Å². The summed E-state index contributed by atoms with van der Waals surface area (Å²) >= 11 is 3.46. The van der Waals surface area contributed by atoms with Gasteiger partial charge in [0.05, 0.1) is 5.69 Å². The van der Waals surface area contributed by atoms with Gasteiger partial charge in [-0.2, -0.15) is 5.10 Å². The second-order valence-corrected chi connectivity index (χ2v) is 4.89. The molecule has 0 fully saturated rings. The lowest BCUT2D eigenvalue weighted by atomic mass is 10.3. The molecule has 2 aromatic heterocycles. The largest absolute Gasteiger partial charge is 0.434 e. The molecule has 1 N–H and O–H groups in total. The standard InChI is InChI=1S/C12H16BrN5O/c1-5-14-11-9(13)12(16-6-15-11)19-10-7(2)17-18(4)8(10)3/h6H,5H2,1-4H3,(H,14,15,16). The van der Waals surface area contributed by atoms with E-state index in [-0.39, 0.29) is 0 Å². The van der Waals surface area contributed by atoms with Crippen LogP contribution in [-0.2, 0) is 7.05 Å². The average molecular weight is 326 g/mol. The molecule has 0 aromatic carbocycles. The molecular weight excluding hydrogens is 310 g/mol. The van der Waals surface area contributed by atoms with Gasteiger partial charge >= 0.3 is 0 Å². The van der Waals surface area contributed by atoms with Crippen LogP contribution in [0.15, 0.2) is 10.8 Å². The summed E-state index contributed by atoms with van der Waals surface area (Å²) in [4.78, 5) is 8.30. The van der Waals surface area contributed by atoms with Crippen LogP contribution in [0.2, 0.25) is 0 Å². The Kier molecular flexibility index (Phi) is 4.04. The summed E-state index contributed by atoms with van der Waals surface area (Å²) in [6, 6.07) is 0. The van der Waals surface area contributed by atoms with Gasteiger partial charge in [0.25, 0.3) is 0 Å². The minimum absolute atomic E-state index is 0.477. The molecule has 2 aromatic rings. The third-order valence-electron chi connectivity index (χ3n) is 2.74. The minimum Gasteiger partial charge on any atom is -0.434 e. The van der Waals surface area contributed by atoms with Gasteiger partial charge in [-0.3, -0.25) is 4.68 Å². The predicted molar refractivity (Wildman–Crippen MR) is 76.7 cm³/mol. The van der Waals surface area contributed by atoms with E-state index in [0.717, 1.165) is 23.7 Å². The lowest BCUT2D eigenvalue weighted by Crippen LogP contribution is -2.02. The number of hydrogen-bond donors (Lipinski definition) is 1. The van der Waals surface area contributed by atoms with Crippen LogP contribution in [-0.4, -0.2) is 26.3 Å². The summed E-state index contributed by atoms with van der Waals surface area (Å²) in [6.45, 7) is 6.64. The van der Waals surface area contributed by atoms with E-state index >= 15 is 0 Å². The van der Waals surface area contributed by atoms with E-state index < -0.39 is 0 Å². The second kappa shape index (κ2) is 5.56. The number of aromatic nitrogens is 4. The zero-order valence-electron chi connectivity index (χ0n) is 11.4. The van der Waals surface area contributed by atoms with Crippen LogP contribution in [0.5, 0.6) is 11.6 Å². The number of rotatable bonds is 4. The van der Waals surface area contributed by atoms with Crippen molar-refractivity contribution >= 4 is 21.7 Å². The third kappa shape index (κ3) is 2.70. The lowest BCUT2D eigenvalue weighted by molar-refractivity contribution is 0.451. The van der Waals surface area contributed by atoms with E-state index in [9.17, 15) is 0 Å². The molecule has 0 unspecified atom stereocenters. The van der Waals surface area contributed by atoms with Crippen molar-refractivity contribution in [3.63, 3.8) is 0 Å². The van der Waals surface area contributed by atoms with Gasteiger partial charge in [0, 0.05) is 13.6 Å². The lowest BCUT2D eigenvalue weighted by Gasteiger charge is -2.10. The van der Waals surface area contributed by atoms with Crippen molar-refractivity contribution in [2.45, 2.75) is 20.8 Å². The summed E-state index contributed by atoms with van der Waals surface area (Å²) in [5, 5.41) is 7.45. The van der Waals surface area contributed by atoms with Crippen molar-refractivity contribution in [2.24, 2.45) is 7.05 Å². The summed E-state index contributed by atoms with van der Waals surface area (Å²) in [5.74, 6) is 1.92. The maximum Gasteiger partial charge on any atom is 0.239 e. The fourth-order valence-electron chi connectivity index (χ4n) is 1.71. The van der Waals surface area contributed by atoms with E-state index in [0.29, 0.717) is 16.2 Å². The van der Waals surface area contributed by atoms with Crippen LogP contribution in [0, 0.1) is 13.8 Å². The highest BCUT2D eigenvalue weighted by Gasteiger charge is 2.16. The summed E-state index contributed by atoms with van der Waals surface area (Å²) in [5.41, 5.74) is 1.78. The van der Waals surface area contributed by atoms with Crippen molar-refractivity contribution in [2.75, 3.05) is 11.9 Å². The molecule has 0 atom stereocenters. The van der Waals surface area contributed by atoms with Crippen LogP contribution < -0.4 is 10.1 Å². The highest BCUT2D eigenvalue weighted by Crippen LogP contribution is 2.34. The Balaban J connectivity index is 2.36. The molecule has 2 rings (SSSR count). The van der Waals surface area contributed by atoms with Crippen molar-refractivity contribution in [1.82, 2.24) is 19.7 Å². The van der Waals surface area contributed by atoms with Crippen molar-refractivity contribution < 1.29 is 4.74 Å². The molecule has 0 aliphatic carbocycles. The number of halogens is 1. The first-order valence-electron chi connectivity index (χ1n) is 5.97. The van der Waals surface area contributed by atoms with Gasteiger partial charge in [-0.05, 0) is 36.7 Å². The maximum atomic E-state index is 5.86. The Bertz CT molecular complexity index is 596. The smallest absolute Gasteiger partial charge is 0.239 e. The zero-order chi connectivity index (χ0) is 14.0. The predicted octanol–water partition coefficient (Wildman–Crippen LogP) is 2.81. The maximum absolute atomic E-state index is 5.86. The Morgan fingerprint density at radius 3 is 2.68 bits per heavy atom. The number of ether oxygens (including phenoxy) is 1. The number of aryl methyl sites for hydroxylation is 2. The first-order chi connectivity index (χ1) is 9.04. The van der Waals surface area contributed by atoms with Gasteiger partial charge in [0.1, 0.15) is 22.3 Å². The van der Waals surface area contributed by atoms with E-state index in [1.165, 1.54) is 6.33 Å². The van der Waals surface area contributed by atoms with Gasteiger partial charge in [-0.25, -0.2) is 9.97 Å². The Labute approximate surface area is 120 Å². The van der Waals surface area contributed by atoms with E-state index in [1.54, 1.807) is 4.68 Å². The van der Waals surface area contributed by atoms with Crippen LogP contribution in [0.3, 0.4) is 0 Å². The molecular formula is C12H16BrN5O. The van der Waals surface area contributed by atoms with Crippen molar-refractivity contribution in [3.8, 4) is 11.6 Å². The molecule has 6 nitrogen and oxygen atoms in total. The molecule has 2 heterocycles. The normalized spacial score (nSPS) is 10.6. The van der Waals surface area contributed by atoms with Crippen molar-refractivity contribution in [1.29, 1.82) is 0 Å². The van der Waals surface area contributed by atoms with E-state index in [2.05, 4.69) is 36.3 Å². The number of nitrogens with one attached hydrogen (secondary N) is 1. The van der Waals surface area contributed by atoms with Gasteiger partial charge in [0.2, 0.25) is 5.88 Å². The topological polar surface area (TPSA) is 64.9 Å². The minimum atomic E-state index is 0.477. The summed E-state index contributed by atoms with van der Waals surface area (Å²) in [6.07, 6.45) is 1.47. The molecule has 0 aliphatic rings. The molecule has 0 bridgehead atoms. The molecule has 0 spiro atoms. The molecule has 0 saturated carbocycles. The highest BCUT2D eigenvalue weighted by molar-refractivity contribution is 9.10. The first-order valence-corrected chi connectivity index (χ1v) is 6.76. The first kappa shape index (κ1) is 13.8. The van der Waals surface area contributed by atoms with Crippen LogP contribution in [0.1, 0.15) is 18.3 Å². The highest BCUT2D eigenvalue weighted by atomic mass is 79.9. The SMILES string of the molecule is CCNc1ncnc(Oc2c(C)nn(C)c2C)c1Br. The zero-order valence-corrected chi connectivity index (χ0v) is 12.9. The van der Waals surface area contributed by atoms with Gasteiger partial charge < -0.3 is 10.1 Å². The molecule has 102 valence electrons. The fraction of sp³-hybridized carbons (Fsp3) is 0.417. The third-order valence-corrected chi connectivity index (χ3v) is 3.46. The fourth-order valence-corrected chi connectivity index (χ4v) is 2.14. The van der Waals surface area contributed by atoms with E-state index in [1.807, 2.05) is 27.8 Å². The summed E-state index contributed by atoms with van der Waals surface area (Å²) < 4.78 is 8.35. The van der Waals surface area contributed by atoms with Gasteiger partial charge in [-0.15, -0.1) is 0 Å². The summed E-state index contributed by atoms with van der Waals surface area (Å²) in [7, 11) is 1.88. The average Bonchev–Trinajstić information content (AvgIpc) is 2.61. The molecule has 0 aliphatic heterocycles. The number of nitrogens with zero attached hydrogens (tertiary/aromatic N) is 4. The van der Waals surface area contributed by atoms with Gasteiger partial charge in [0.15, 0.2) is 5.75 Å². The second-order valence-electron chi connectivity index (χ2n) is 4.10. The number of anilines is 1. The molecule has 7 heteroatoms. The molecule has 0 saturated heterocycles. The Hall–Kier alpha value is -1.63. The van der Waals surface area contributed by atoms with Gasteiger partial charge in [-0.1, -0.05) is 0 Å². The molecule has 0 radical (unpaired) electrons. The molecule has 0 amide bonds. The Morgan fingerprint density at radius 1 is 1.37 bits per heavy atom. The Morgan fingerprint density at radius 2 is 2.11 bits per heavy atom. The van der Waals surface area contributed by atoms with Crippen LogP contribution in [0.25, 0.3) is 0 Å². The van der Waals surface area contributed by atoms with Crippen molar-refractivity contribution in [3.05, 3.63) is 22.2 Å². The molecule has 19 heavy (non-hydrogen) atoms. The monoisotopic (exact) mass is 325 g/mol. The quantitative estimate of drug-likeness (QED) is 0.936. The number of hydrogen-bond acceptors (Lipinski definition) is 5. The van der Waals surface area contributed by atoms with Crippen LogP contribution in [0.4, 0.5) is 5.82 Å².